The normalized spacial score (nSPS) is 12.1. The number of halogens is 2. The van der Waals surface area contributed by atoms with E-state index in [9.17, 15) is 5.11 Å². The largest absolute Gasteiger partial charge is 0.393 e. The predicted octanol–water partition coefficient (Wildman–Crippen LogP) is 3.31. The van der Waals surface area contributed by atoms with Crippen molar-refractivity contribution in [1.29, 1.82) is 0 Å². The third-order valence-corrected chi connectivity index (χ3v) is 2.82. The van der Waals surface area contributed by atoms with Gasteiger partial charge in [0.15, 0.2) is 0 Å². The Morgan fingerprint density at radius 3 is 2.67 bits per heavy atom. The van der Waals surface area contributed by atoms with E-state index < -0.39 is 6.10 Å². The molecule has 80 valence electrons. The average molecular weight is 243 g/mol. The zero-order valence-corrected chi connectivity index (χ0v) is 9.72. The van der Waals surface area contributed by atoms with Crippen LogP contribution in [0.4, 0.5) is 0 Å². The summed E-state index contributed by atoms with van der Waals surface area (Å²) in [7, 11) is 0. The summed E-state index contributed by atoms with van der Waals surface area (Å²) in [5.41, 5.74) is 0.967. The molecule has 1 rings (SSSR count). The lowest BCUT2D eigenvalue weighted by Gasteiger charge is -2.09. The Hall–Kier alpha value is -0.680. The Morgan fingerprint density at radius 2 is 2.07 bits per heavy atom. The third kappa shape index (κ3) is 4.13. The molecule has 1 aromatic rings. The van der Waals surface area contributed by atoms with Crippen LogP contribution in [0, 0.1) is 12.3 Å². The van der Waals surface area contributed by atoms with Gasteiger partial charge >= 0.3 is 0 Å². The molecule has 1 aromatic carbocycles. The fourth-order valence-electron chi connectivity index (χ4n) is 1.29. The van der Waals surface area contributed by atoms with Crippen LogP contribution in [0.1, 0.15) is 18.4 Å². The first-order valence-corrected chi connectivity index (χ1v) is 5.44. The summed E-state index contributed by atoms with van der Waals surface area (Å²) in [6.45, 7) is 0. The molecule has 1 atom stereocenters. The second-order valence-corrected chi connectivity index (χ2v) is 4.16. The molecule has 3 heteroatoms. The van der Waals surface area contributed by atoms with Gasteiger partial charge in [-0.1, -0.05) is 29.3 Å². The SMILES string of the molecule is C#CCCC(O)Cc1ccc(Cl)c(Cl)c1. The molecule has 0 spiro atoms. The molecule has 1 nitrogen and oxygen atoms in total. The molecule has 0 aliphatic rings. The zero-order chi connectivity index (χ0) is 11.3. The highest BCUT2D eigenvalue weighted by molar-refractivity contribution is 6.42. The lowest BCUT2D eigenvalue weighted by Crippen LogP contribution is -2.09. The quantitative estimate of drug-likeness (QED) is 0.804. The summed E-state index contributed by atoms with van der Waals surface area (Å²) in [5, 5.41) is 10.7. The Kier molecular flexibility index (Phi) is 4.98. The zero-order valence-electron chi connectivity index (χ0n) is 8.21. The second-order valence-electron chi connectivity index (χ2n) is 3.35. The second kappa shape index (κ2) is 6.02. The van der Waals surface area contributed by atoms with Crippen LogP contribution in [-0.2, 0) is 6.42 Å². The van der Waals surface area contributed by atoms with Crippen LogP contribution >= 0.6 is 23.2 Å². The molecule has 0 radical (unpaired) electrons. The first-order valence-electron chi connectivity index (χ1n) is 4.69. The van der Waals surface area contributed by atoms with Crippen molar-refractivity contribution in [3.8, 4) is 12.3 Å². The predicted molar refractivity (Wildman–Crippen MR) is 64.2 cm³/mol. The summed E-state index contributed by atoms with van der Waals surface area (Å²) in [6, 6.07) is 5.35. The first kappa shape index (κ1) is 12.4. The van der Waals surface area contributed by atoms with Crippen LogP contribution in [0.15, 0.2) is 18.2 Å². The summed E-state index contributed by atoms with van der Waals surface area (Å²) < 4.78 is 0. The van der Waals surface area contributed by atoms with Crippen LogP contribution in [0.3, 0.4) is 0 Å². The highest BCUT2D eigenvalue weighted by atomic mass is 35.5. The topological polar surface area (TPSA) is 20.2 Å². The number of benzene rings is 1. The van der Waals surface area contributed by atoms with Crippen molar-refractivity contribution in [2.45, 2.75) is 25.4 Å². The van der Waals surface area contributed by atoms with E-state index in [2.05, 4.69) is 5.92 Å². The highest BCUT2D eigenvalue weighted by Crippen LogP contribution is 2.23. The molecule has 0 saturated heterocycles. The van der Waals surface area contributed by atoms with E-state index in [1.807, 2.05) is 6.07 Å². The van der Waals surface area contributed by atoms with Gasteiger partial charge in [0.25, 0.3) is 0 Å². The standard InChI is InChI=1S/C12H12Cl2O/c1-2-3-4-10(15)7-9-5-6-11(13)12(14)8-9/h1,5-6,8,10,15H,3-4,7H2. The van der Waals surface area contributed by atoms with Crippen LogP contribution in [0.5, 0.6) is 0 Å². The van der Waals surface area contributed by atoms with Gasteiger partial charge in [-0.15, -0.1) is 12.3 Å². The maximum Gasteiger partial charge on any atom is 0.0595 e. The van der Waals surface area contributed by atoms with Crippen LogP contribution in [0.2, 0.25) is 10.0 Å². The number of rotatable bonds is 4. The van der Waals surface area contributed by atoms with Crippen LogP contribution in [0.25, 0.3) is 0 Å². The summed E-state index contributed by atoms with van der Waals surface area (Å²) in [4.78, 5) is 0. The smallest absolute Gasteiger partial charge is 0.0595 e. The van der Waals surface area contributed by atoms with Crippen molar-refractivity contribution >= 4 is 23.2 Å². The number of terminal acetylenes is 1. The van der Waals surface area contributed by atoms with Crippen molar-refractivity contribution in [1.82, 2.24) is 0 Å². The first-order chi connectivity index (χ1) is 7.13. The van der Waals surface area contributed by atoms with Crippen molar-refractivity contribution < 1.29 is 5.11 Å². The molecule has 15 heavy (non-hydrogen) atoms. The number of hydrogen-bond donors (Lipinski definition) is 1. The number of aliphatic hydroxyl groups excluding tert-OH is 1. The monoisotopic (exact) mass is 242 g/mol. The van der Waals surface area contributed by atoms with Crippen molar-refractivity contribution in [2.24, 2.45) is 0 Å². The molecule has 1 N–H and O–H groups in total. The summed E-state index contributed by atoms with van der Waals surface area (Å²) in [5.74, 6) is 2.50. The summed E-state index contributed by atoms with van der Waals surface area (Å²) in [6.07, 6.45) is 6.44. The van der Waals surface area contributed by atoms with Crippen LogP contribution < -0.4 is 0 Å². The molecular weight excluding hydrogens is 231 g/mol. The Balaban J connectivity index is 2.57. The van der Waals surface area contributed by atoms with Gasteiger partial charge in [-0.3, -0.25) is 0 Å². The van der Waals surface area contributed by atoms with E-state index in [0.717, 1.165) is 5.56 Å². The molecule has 0 aliphatic carbocycles. The van der Waals surface area contributed by atoms with Gasteiger partial charge in [0.2, 0.25) is 0 Å². The number of aliphatic hydroxyl groups is 1. The van der Waals surface area contributed by atoms with E-state index >= 15 is 0 Å². The van der Waals surface area contributed by atoms with Gasteiger partial charge in [0.1, 0.15) is 0 Å². The van der Waals surface area contributed by atoms with Gasteiger partial charge in [-0.2, -0.15) is 0 Å². The molecule has 0 saturated carbocycles. The lowest BCUT2D eigenvalue weighted by molar-refractivity contribution is 0.167. The highest BCUT2D eigenvalue weighted by Gasteiger charge is 2.06. The van der Waals surface area contributed by atoms with Crippen molar-refractivity contribution in [2.75, 3.05) is 0 Å². The summed E-state index contributed by atoms with van der Waals surface area (Å²) >= 11 is 11.6. The Bertz CT molecular complexity index is 368. The molecular formula is C12H12Cl2O. The maximum atomic E-state index is 9.62. The minimum Gasteiger partial charge on any atom is -0.393 e. The average Bonchev–Trinajstić information content (AvgIpc) is 2.20. The fourth-order valence-corrected chi connectivity index (χ4v) is 1.61. The van der Waals surface area contributed by atoms with Gasteiger partial charge in [-0.25, -0.2) is 0 Å². The Labute approximate surface area is 100 Å². The van der Waals surface area contributed by atoms with E-state index in [4.69, 9.17) is 29.6 Å². The van der Waals surface area contributed by atoms with E-state index in [1.54, 1.807) is 12.1 Å². The molecule has 0 aromatic heterocycles. The minimum atomic E-state index is -0.418. The van der Waals surface area contributed by atoms with Crippen LogP contribution in [-0.4, -0.2) is 11.2 Å². The number of hydrogen-bond acceptors (Lipinski definition) is 1. The minimum absolute atomic E-state index is 0.418. The molecule has 0 aliphatic heterocycles. The van der Waals surface area contributed by atoms with Crippen molar-refractivity contribution in [3.05, 3.63) is 33.8 Å². The van der Waals surface area contributed by atoms with E-state index in [-0.39, 0.29) is 0 Å². The van der Waals surface area contributed by atoms with Crippen molar-refractivity contribution in [3.63, 3.8) is 0 Å². The molecule has 0 fully saturated rings. The maximum absolute atomic E-state index is 9.62. The Morgan fingerprint density at radius 1 is 1.33 bits per heavy atom. The van der Waals surface area contributed by atoms with E-state index in [0.29, 0.717) is 29.3 Å². The fraction of sp³-hybridized carbons (Fsp3) is 0.333. The lowest BCUT2D eigenvalue weighted by atomic mass is 10.0. The molecule has 0 heterocycles. The third-order valence-electron chi connectivity index (χ3n) is 2.08. The molecule has 1 unspecified atom stereocenters. The molecule has 0 bridgehead atoms. The van der Waals surface area contributed by atoms with Gasteiger partial charge in [-0.05, 0) is 30.5 Å². The van der Waals surface area contributed by atoms with Gasteiger partial charge in [0, 0.05) is 6.42 Å². The van der Waals surface area contributed by atoms with Gasteiger partial charge < -0.3 is 5.11 Å². The molecule has 0 amide bonds. The van der Waals surface area contributed by atoms with E-state index in [1.165, 1.54) is 0 Å². The van der Waals surface area contributed by atoms with Gasteiger partial charge in [0.05, 0.1) is 16.1 Å².